The van der Waals surface area contributed by atoms with Gasteiger partial charge in [-0.1, -0.05) is 18.2 Å². The van der Waals surface area contributed by atoms with Crippen LogP contribution in [0.2, 0.25) is 0 Å². The molecule has 21 heavy (non-hydrogen) atoms. The fourth-order valence-corrected chi connectivity index (χ4v) is 2.49. The Bertz CT molecular complexity index is 746. The molecule has 0 unspecified atom stereocenters. The van der Waals surface area contributed by atoms with Gasteiger partial charge in [-0.25, -0.2) is 12.8 Å². The molecule has 0 saturated heterocycles. The maximum atomic E-state index is 13.8. The van der Waals surface area contributed by atoms with Crippen LogP contribution in [-0.2, 0) is 15.7 Å². The van der Waals surface area contributed by atoms with Gasteiger partial charge in [-0.05, 0) is 24.3 Å². The maximum Gasteiger partial charge on any atom is 0.261 e. The maximum absolute atomic E-state index is 13.8. The van der Waals surface area contributed by atoms with Crippen LogP contribution < -0.4 is 9.47 Å². The van der Waals surface area contributed by atoms with Gasteiger partial charge in [-0.15, -0.1) is 0 Å². The number of hydrogen-bond acceptors (Lipinski definition) is 4. The lowest BCUT2D eigenvalue weighted by atomic mass is 10.2. The van der Waals surface area contributed by atoms with E-state index in [9.17, 15) is 12.8 Å². The highest BCUT2D eigenvalue weighted by atomic mass is 35.7. The van der Waals surface area contributed by atoms with Crippen LogP contribution >= 0.6 is 10.7 Å². The molecule has 0 spiro atoms. The van der Waals surface area contributed by atoms with Gasteiger partial charge in [-0.3, -0.25) is 0 Å². The molecule has 0 heterocycles. The average molecular weight is 331 g/mol. The zero-order valence-electron chi connectivity index (χ0n) is 11.0. The average Bonchev–Trinajstić information content (AvgIpc) is 2.45. The first-order chi connectivity index (χ1) is 9.91. The molecule has 4 nitrogen and oxygen atoms in total. The summed E-state index contributed by atoms with van der Waals surface area (Å²) in [7, 11) is 2.71. The van der Waals surface area contributed by atoms with Crippen LogP contribution in [0.1, 0.15) is 5.56 Å². The van der Waals surface area contributed by atoms with E-state index >= 15 is 0 Å². The summed E-state index contributed by atoms with van der Waals surface area (Å²) in [6, 6.07) is 10.4. The number of para-hydroxylation sites is 1. The molecule has 2 aromatic rings. The van der Waals surface area contributed by atoms with Gasteiger partial charge >= 0.3 is 0 Å². The Morgan fingerprint density at radius 1 is 1.14 bits per heavy atom. The molecule has 0 radical (unpaired) electrons. The number of halogens is 2. The summed E-state index contributed by atoms with van der Waals surface area (Å²) in [6.45, 7) is 0.0912. The molecule has 0 aliphatic carbocycles. The minimum absolute atomic E-state index is 0.0648. The van der Waals surface area contributed by atoms with Gasteiger partial charge in [-0.2, -0.15) is 0 Å². The van der Waals surface area contributed by atoms with Crippen molar-refractivity contribution < 1.29 is 22.3 Å². The van der Waals surface area contributed by atoms with Crippen LogP contribution in [0.3, 0.4) is 0 Å². The van der Waals surface area contributed by atoms with Crippen molar-refractivity contribution in [2.45, 2.75) is 11.5 Å². The van der Waals surface area contributed by atoms with Crippen LogP contribution in [-0.4, -0.2) is 15.5 Å². The third-order valence-electron chi connectivity index (χ3n) is 2.76. The van der Waals surface area contributed by atoms with Crippen molar-refractivity contribution in [3.63, 3.8) is 0 Å². The predicted molar refractivity (Wildman–Crippen MR) is 76.8 cm³/mol. The minimum Gasteiger partial charge on any atom is -0.496 e. The highest BCUT2D eigenvalue weighted by molar-refractivity contribution is 8.13. The highest BCUT2D eigenvalue weighted by Gasteiger charge is 2.14. The molecule has 0 fully saturated rings. The van der Waals surface area contributed by atoms with E-state index in [0.29, 0.717) is 5.75 Å². The van der Waals surface area contributed by atoms with Crippen molar-refractivity contribution in [1.29, 1.82) is 0 Å². The molecular weight excluding hydrogens is 319 g/mol. The van der Waals surface area contributed by atoms with Gasteiger partial charge in [0.05, 0.1) is 12.0 Å². The summed E-state index contributed by atoms with van der Waals surface area (Å²) in [6.07, 6.45) is 0. The summed E-state index contributed by atoms with van der Waals surface area (Å²) in [5.74, 6) is -0.241. The lowest BCUT2D eigenvalue weighted by Crippen LogP contribution is -2.01. The minimum atomic E-state index is -3.96. The molecule has 0 bridgehead atoms. The molecule has 2 aromatic carbocycles. The second-order valence-electron chi connectivity index (χ2n) is 4.13. The van der Waals surface area contributed by atoms with Gasteiger partial charge in [0.2, 0.25) is 0 Å². The van der Waals surface area contributed by atoms with Crippen molar-refractivity contribution in [2.75, 3.05) is 7.11 Å². The largest absolute Gasteiger partial charge is 0.496 e. The van der Waals surface area contributed by atoms with E-state index in [1.54, 1.807) is 18.2 Å². The van der Waals surface area contributed by atoms with Crippen molar-refractivity contribution in [3.8, 4) is 11.5 Å². The van der Waals surface area contributed by atoms with Gasteiger partial charge in [0.15, 0.2) is 11.6 Å². The van der Waals surface area contributed by atoms with Crippen LogP contribution in [0.4, 0.5) is 4.39 Å². The van der Waals surface area contributed by atoms with Crippen molar-refractivity contribution in [3.05, 3.63) is 53.8 Å². The fraction of sp³-hybridized carbons (Fsp3) is 0.143. The second-order valence-corrected chi connectivity index (χ2v) is 6.70. The normalized spacial score (nSPS) is 11.2. The molecule has 0 aliphatic heterocycles. The fourth-order valence-electron chi connectivity index (χ4n) is 1.73. The molecule has 0 aromatic heterocycles. The Morgan fingerprint density at radius 3 is 2.48 bits per heavy atom. The molecule has 0 atom stereocenters. The standard InChI is InChI=1S/C14H12ClFO4S/c1-19-13-5-3-2-4-10(13)9-20-14-7-6-11(8-12(14)16)21(15,17)18/h2-8H,9H2,1H3. The first-order valence-corrected chi connectivity index (χ1v) is 8.21. The zero-order chi connectivity index (χ0) is 15.5. The SMILES string of the molecule is COc1ccccc1COc1ccc(S(=O)(=O)Cl)cc1F. The summed E-state index contributed by atoms with van der Waals surface area (Å²) < 4.78 is 46.5. The number of hydrogen-bond donors (Lipinski definition) is 0. The predicted octanol–water partition coefficient (Wildman–Crippen LogP) is 3.34. The number of ether oxygens (including phenoxy) is 2. The summed E-state index contributed by atoms with van der Waals surface area (Å²) in [5.41, 5.74) is 0.744. The van der Waals surface area contributed by atoms with E-state index in [4.69, 9.17) is 20.2 Å². The Balaban J connectivity index is 2.17. The van der Waals surface area contributed by atoms with E-state index in [-0.39, 0.29) is 17.3 Å². The van der Waals surface area contributed by atoms with Gasteiger partial charge in [0.1, 0.15) is 12.4 Å². The summed E-state index contributed by atoms with van der Waals surface area (Å²) in [5, 5.41) is 0. The van der Waals surface area contributed by atoms with E-state index in [1.807, 2.05) is 6.07 Å². The molecule has 0 saturated carbocycles. The lowest BCUT2D eigenvalue weighted by molar-refractivity contribution is 0.282. The van der Waals surface area contributed by atoms with E-state index < -0.39 is 14.9 Å². The van der Waals surface area contributed by atoms with Crippen LogP contribution in [0.25, 0.3) is 0 Å². The first kappa shape index (κ1) is 15.6. The van der Waals surface area contributed by atoms with Crippen molar-refractivity contribution >= 4 is 19.7 Å². The third kappa shape index (κ3) is 3.86. The van der Waals surface area contributed by atoms with Crippen LogP contribution in [0.15, 0.2) is 47.4 Å². The lowest BCUT2D eigenvalue weighted by Gasteiger charge is -2.11. The molecular formula is C14H12ClFO4S. The molecule has 0 amide bonds. The Hall–Kier alpha value is -1.79. The monoisotopic (exact) mass is 330 g/mol. The summed E-state index contributed by atoms with van der Waals surface area (Å²) >= 11 is 0. The second kappa shape index (κ2) is 6.32. The van der Waals surface area contributed by atoms with Gasteiger partial charge in [0.25, 0.3) is 9.05 Å². The number of methoxy groups -OCH3 is 1. The number of benzene rings is 2. The molecule has 112 valence electrons. The van der Waals surface area contributed by atoms with Crippen molar-refractivity contribution in [1.82, 2.24) is 0 Å². The highest BCUT2D eigenvalue weighted by Crippen LogP contribution is 2.25. The third-order valence-corrected chi connectivity index (χ3v) is 4.11. The number of rotatable bonds is 5. The Kier molecular flexibility index (Phi) is 4.69. The Labute approximate surface area is 126 Å². The van der Waals surface area contributed by atoms with Crippen LogP contribution in [0, 0.1) is 5.82 Å². The first-order valence-electron chi connectivity index (χ1n) is 5.90. The molecule has 2 rings (SSSR count). The van der Waals surface area contributed by atoms with Gasteiger partial charge < -0.3 is 9.47 Å². The van der Waals surface area contributed by atoms with E-state index in [0.717, 1.165) is 11.6 Å². The van der Waals surface area contributed by atoms with E-state index in [2.05, 4.69) is 0 Å². The van der Waals surface area contributed by atoms with Crippen molar-refractivity contribution in [2.24, 2.45) is 0 Å². The smallest absolute Gasteiger partial charge is 0.261 e. The van der Waals surface area contributed by atoms with E-state index in [1.165, 1.54) is 19.2 Å². The zero-order valence-corrected chi connectivity index (χ0v) is 12.6. The summed E-state index contributed by atoms with van der Waals surface area (Å²) in [4.78, 5) is -0.314. The quantitative estimate of drug-likeness (QED) is 0.789. The topological polar surface area (TPSA) is 52.6 Å². The molecule has 0 N–H and O–H groups in total. The molecule has 0 aliphatic rings. The van der Waals surface area contributed by atoms with Crippen LogP contribution in [0.5, 0.6) is 11.5 Å². The van der Waals surface area contributed by atoms with Gasteiger partial charge in [0, 0.05) is 16.2 Å². The molecule has 7 heteroatoms. The Morgan fingerprint density at radius 2 is 1.86 bits per heavy atom.